The Labute approximate surface area is 158 Å². The van der Waals surface area contributed by atoms with Crippen molar-refractivity contribution in [2.24, 2.45) is 0 Å². The van der Waals surface area contributed by atoms with Gasteiger partial charge in [0.05, 0.1) is 21.1 Å². The van der Waals surface area contributed by atoms with Crippen molar-refractivity contribution >= 4 is 33.8 Å². The largest absolute Gasteiger partial charge is 0.298 e. The molecule has 11 heteroatoms. The Kier molecular flexibility index (Phi) is 5.15. The number of thiazole rings is 1. The quantitative estimate of drug-likeness (QED) is 0.612. The SMILES string of the molecule is CCN1CCc2nc(NC(=O)c3cc([N+](=O)[O-])c(C)c([N+](=O)[O-])c3)sc2C1. The van der Waals surface area contributed by atoms with E-state index in [1.807, 2.05) is 0 Å². The first-order chi connectivity index (χ1) is 12.8. The maximum Gasteiger partial charge on any atom is 0.279 e. The molecular weight excluding hydrogens is 374 g/mol. The molecule has 2 heterocycles. The minimum absolute atomic E-state index is 0.0917. The van der Waals surface area contributed by atoms with Crippen molar-refractivity contribution in [1.82, 2.24) is 9.88 Å². The highest BCUT2D eigenvalue weighted by Gasteiger charge is 2.26. The molecule has 0 fully saturated rings. The zero-order chi connectivity index (χ0) is 19.7. The summed E-state index contributed by atoms with van der Waals surface area (Å²) in [6, 6.07) is 2.09. The number of likely N-dealkylation sites (N-methyl/N-ethyl adjacent to an activating group) is 1. The Morgan fingerprint density at radius 2 is 1.93 bits per heavy atom. The van der Waals surface area contributed by atoms with Crippen LogP contribution in [0.2, 0.25) is 0 Å². The van der Waals surface area contributed by atoms with Crippen LogP contribution in [0.15, 0.2) is 12.1 Å². The van der Waals surface area contributed by atoms with Crippen LogP contribution in [0.5, 0.6) is 0 Å². The molecule has 3 rings (SSSR count). The number of anilines is 1. The van der Waals surface area contributed by atoms with Gasteiger partial charge in [-0.25, -0.2) is 4.98 Å². The average Bonchev–Trinajstić information content (AvgIpc) is 3.02. The molecule has 0 atom stereocenters. The van der Waals surface area contributed by atoms with E-state index in [1.165, 1.54) is 18.3 Å². The lowest BCUT2D eigenvalue weighted by Crippen LogP contribution is -2.29. The molecule has 0 aliphatic carbocycles. The number of nitro groups is 2. The summed E-state index contributed by atoms with van der Waals surface area (Å²) in [5.41, 5.74) is -0.244. The molecule has 1 aliphatic heterocycles. The second kappa shape index (κ2) is 7.37. The summed E-state index contributed by atoms with van der Waals surface area (Å²) in [4.78, 5) is 41.1. The van der Waals surface area contributed by atoms with Crippen molar-refractivity contribution in [2.75, 3.05) is 18.4 Å². The molecule has 2 aromatic rings. The van der Waals surface area contributed by atoms with E-state index in [4.69, 9.17) is 0 Å². The molecule has 27 heavy (non-hydrogen) atoms. The fourth-order valence-electron chi connectivity index (χ4n) is 2.94. The summed E-state index contributed by atoms with van der Waals surface area (Å²) in [6.07, 6.45) is 0.789. The molecule has 1 N–H and O–H groups in total. The van der Waals surface area contributed by atoms with Crippen molar-refractivity contribution in [3.63, 3.8) is 0 Å². The standard InChI is InChI=1S/C16H17N5O5S/c1-3-19-5-4-11-14(8-19)27-16(17-11)18-15(22)10-6-12(20(23)24)9(2)13(7-10)21(25)26/h6-7H,3-5,8H2,1-2H3,(H,17,18,22). The molecule has 1 aliphatic rings. The molecule has 0 saturated heterocycles. The average molecular weight is 391 g/mol. The van der Waals surface area contributed by atoms with Crippen molar-refractivity contribution in [1.29, 1.82) is 0 Å². The monoisotopic (exact) mass is 391 g/mol. The molecule has 142 valence electrons. The molecule has 1 aromatic heterocycles. The Balaban J connectivity index is 1.88. The van der Waals surface area contributed by atoms with Gasteiger partial charge in [-0.05, 0) is 13.5 Å². The van der Waals surface area contributed by atoms with E-state index in [-0.39, 0.29) is 11.1 Å². The fourth-order valence-corrected chi connectivity index (χ4v) is 3.98. The minimum atomic E-state index is -0.736. The number of aromatic nitrogens is 1. The number of carbonyl (C=O) groups excluding carboxylic acids is 1. The van der Waals surface area contributed by atoms with Gasteiger partial charge in [-0.15, -0.1) is 11.3 Å². The number of nitro benzene ring substituents is 2. The van der Waals surface area contributed by atoms with Gasteiger partial charge in [-0.3, -0.25) is 35.2 Å². The van der Waals surface area contributed by atoms with E-state index < -0.39 is 27.1 Å². The van der Waals surface area contributed by atoms with Crippen LogP contribution in [0.4, 0.5) is 16.5 Å². The Bertz CT molecular complexity index is 906. The molecule has 0 spiro atoms. The van der Waals surface area contributed by atoms with Crippen LogP contribution < -0.4 is 5.32 Å². The lowest BCUT2D eigenvalue weighted by molar-refractivity contribution is -0.395. The first-order valence-corrected chi connectivity index (χ1v) is 9.07. The summed E-state index contributed by atoms with van der Waals surface area (Å²) in [5, 5.41) is 25.3. The molecular formula is C16H17N5O5S. The van der Waals surface area contributed by atoms with Gasteiger partial charge in [-0.1, -0.05) is 6.92 Å². The number of nitrogens with one attached hydrogen (secondary N) is 1. The summed E-state index contributed by atoms with van der Waals surface area (Å²) in [7, 11) is 0. The molecule has 0 unspecified atom stereocenters. The molecule has 0 radical (unpaired) electrons. The highest BCUT2D eigenvalue weighted by atomic mass is 32.1. The van der Waals surface area contributed by atoms with Crippen LogP contribution in [0.3, 0.4) is 0 Å². The number of rotatable bonds is 5. The van der Waals surface area contributed by atoms with Crippen LogP contribution >= 0.6 is 11.3 Å². The lowest BCUT2D eigenvalue weighted by atomic mass is 10.1. The maximum absolute atomic E-state index is 12.5. The normalized spacial score (nSPS) is 13.9. The minimum Gasteiger partial charge on any atom is -0.298 e. The van der Waals surface area contributed by atoms with Crippen molar-refractivity contribution < 1.29 is 14.6 Å². The summed E-state index contributed by atoms with van der Waals surface area (Å²) in [6.45, 7) is 5.95. The molecule has 0 saturated carbocycles. The third kappa shape index (κ3) is 3.78. The number of hydrogen-bond acceptors (Lipinski definition) is 8. The Morgan fingerprint density at radius 3 is 2.48 bits per heavy atom. The van der Waals surface area contributed by atoms with Gasteiger partial charge >= 0.3 is 0 Å². The third-order valence-corrected chi connectivity index (χ3v) is 5.48. The molecule has 10 nitrogen and oxygen atoms in total. The van der Waals surface area contributed by atoms with Gasteiger partial charge in [0.1, 0.15) is 5.56 Å². The predicted octanol–water partition coefficient (Wildman–Crippen LogP) is 2.90. The van der Waals surface area contributed by atoms with E-state index in [0.29, 0.717) is 5.13 Å². The smallest absolute Gasteiger partial charge is 0.279 e. The first kappa shape index (κ1) is 18.9. The second-order valence-electron chi connectivity index (χ2n) is 6.12. The third-order valence-electron chi connectivity index (χ3n) is 4.49. The molecule has 0 bridgehead atoms. The van der Waals surface area contributed by atoms with Crippen LogP contribution in [-0.2, 0) is 13.0 Å². The van der Waals surface area contributed by atoms with Gasteiger partial charge in [0.2, 0.25) is 0 Å². The number of carbonyl (C=O) groups is 1. The topological polar surface area (TPSA) is 132 Å². The van der Waals surface area contributed by atoms with Gasteiger partial charge in [-0.2, -0.15) is 0 Å². The Morgan fingerprint density at radius 1 is 1.30 bits per heavy atom. The van der Waals surface area contributed by atoms with Gasteiger partial charge < -0.3 is 0 Å². The maximum atomic E-state index is 12.5. The number of benzene rings is 1. The number of nitrogens with zero attached hydrogens (tertiary/aromatic N) is 4. The van der Waals surface area contributed by atoms with Gasteiger partial charge in [0.15, 0.2) is 5.13 Å². The zero-order valence-electron chi connectivity index (χ0n) is 14.7. The highest BCUT2D eigenvalue weighted by molar-refractivity contribution is 7.15. The second-order valence-corrected chi connectivity index (χ2v) is 7.20. The van der Waals surface area contributed by atoms with Crippen LogP contribution in [0.25, 0.3) is 0 Å². The van der Waals surface area contributed by atoms with Crippen molar-refractivity contribution in [3.8, 4) is 0 Å². The predicted molar refractivity (Wildman–Crippen MR) is 99.2 cm³/mol. The van der Waals surface area contributed by atoms with E-state index in [0.717, 1.165) is 48.8 Å². The summed E-state index contributed by atoms with van der Waals surface area (Å²) < 4.78 is 0. The number of amides is 1. The highest BCUT2D eigenvalue weighted by Crippen LogP contribution is 2.31. The molecule has 1 amide bonds. The fraction of sp³-hybridized carbons (Fsp3) is 0.375. The molecule has 1 aromatic carbocycles. The van der Waals surface area contributed by atoms with Crippen LogP contribution in [-0.4, -0.2) is 38.7 Å². The zero-order valence-corrected chi connectivity index (χ0v) is 15.5. The van der Waals surface area contributed by atoms with E-state index in [2.05, 4.69) is 22.1 Å². The van der Waals surface area contributed by atoms with Crippen molar-refractivity contribution in [3.05, 3.63) is 54.1 Å². The first-order valence-electron chi connectivity index (χ1n) is 8.25. The van der Waals surface area contributed by atoms with Gasteiger partial charge in [0, 0.05) is 36.5 Å². The summed E-state index contributed by atoms with van der Waals surface area (Å²) in [5.74, 6) is -0.667. The van der Waals surface area contributed by atoms with E-state index >= 15 is 0 Å². The number of fused-ring (bicyclic) bond motifs is 1. The van der Waals surface area contributed by atoms with Crippen LogP contribution in [0.1, 0.15) is 33.4 Å². The van der Waals surface area contributed by atoms with E-state index in [9.17, 15) is 25.0 Å². The lowest BCUT2D eigenvalue weighted by Gasteiger charge is -2.23. The van der Waals surface area contributed by atoms with Crippen molar-refractivity contribution in [2.45, 2.75) is 26.8 Å². The van der Waals surface area contributed by atoms with Crippen LogP contribution in [0, 0.1) is 27.2 Å². The summed E-state index contributed by atoms with van der Waals surface area (Å²) >= 11 is 1.35. The van der Waals surface area contributed by atoms with E-state index in [1.54, 1.807) is 0 Å². The Hall–Kier alpha value is -2.92. The van der Waals surface area contributed by atoms with Gasteiger partial charge in [0.25, 0.3) is 17.3 Å². The number of hydrogen-bond donors (Lipinski definition) is 1.